The van der Waals surface area contributed by atoms with Gasteiger partial charge in [0.2, 0.25) is 5.91 Å². The topological polar surface area (TPSA) is 91.4 Å². The Morgan fingerprint density at radius 1 is 1.11 bits per heavy atom. The number of nitrogens with zero attached hydrogens (tertiary/aromatic N) is 3. The molecule has 0 radical (unpaired) electrons. The molecular formula is C27H28N4O4. The Morgan fingerprint density at radius 2 is 1.91 bits per heavy atom. The minimum Gasteiger partial charge on any atom is -0.493 e. The van der Waals surface area contributed by atoms with Gasteiger partial charge in [0.05, 0.1) is 18.4 Å². The molecule has 2 aromatic carbocycles. The minimum atomic E-state index is -0.221. The molecule has 4 aromatic rings. The van der Waals surface area contributed by atoms with Crippen molar-refractivity contribution in [2.45, 2.75) is 33.9 Å². The second-order valence-electron chi connectivity index (χ2n) is 8.12. The molecule has 35 heavy (non-hydrogen) atoms. The van der Waals surface area contributed by atoms with E-state index in [-0.39, 0.29) is 5.91 Å². The van der Waals surface area contributed by atoms with Crippen molar-refractivity contribution in [3.63, 3.8) is 0 Å². The van der Waals surface area contributed by atoms with Crippen LogP contribution in [0.1, 0.15) is 34.0 Å². The van der Waals surface area contributed by atoms with Gasteiger partial charge >= 0.3 is 0 Å². The number of nitrogens with one attached hydrogen (secondary N) is 1. The molecule has 0 fully saturated rings. The van der Waals surface area contributed by atoms with E-state index in [1.165, 1.54) is 6.08 Å². The van der Waals surface area contributed by atoms with Gasteiger partial charge in [-0.1, -0.05) is 23.4 Å². The molecule has 2 aromatic heterocycles. The van der Waals surface area contributed by atoms with Crippen molar-refractivity contribution in [1.82, 2.24) is 14.7 Å². The van der Waals surface area contributed by atoms with Crippen molar-refractivity contribution in [2.75, 3.05) is 12.4 Å². The van der Waals surface area contributed by atoms with Crippen molar-refractivity contribution in [3.8, 4) is 11.5 Å². The SMILES string of the molecule is COc1cc(/C=C/C(=O)Nc2ccc(Cn3ccnc3C)cc2)ccc1OCc1c(C)noc1C. The van der Waals surface area contributed by atoms with Crippen molar-refractivity contribution in [1.29, 1.82) is 0 Å². The van der Waals surface area contributed by atoms with Crippen LogP contribution in [0.2, 0.25) is 0 Å². The smallest absolute Gasteiger partial charge is 0.248 e. The van der Waals surface area contributed by atoms with Crippen LogP contribution in [0.3, 0.4) is 0 Å². The first-order chi connectivity index (χ1) is 16.9. The molecule has 8 nitrogen and oxygen atoms in total. The van der Waals surface area contributed by atoms with Gasteiger partial charge in [-0.15, -0.1) is 0 Å². The normalized spacial score (nSPS) is 11.1. The van der Waals surface area contributed by atoms with E-state index in [1.54, 1.807) is 19.4 Å². The molecule has 2 heterocycles. The number of hydrogen-bond acceptors (Lipinski definition) is 6. The van der Waals surface area contributed by atoms with E-state index in [0.717, 1.165) is 46.2 Å². The molecule has 0 spiro atoms. The van der Waals surface area contributed by atoms with Crippen molar-refractivity contribution >= 4 is 17.7 Å². The summed E-state index contributed by atoms with van der Waals surface area (Å²) in [4.78, 5) is 16.6. The number of ether oxygens (including phenoxy) is 2. The molecule has 1 N–H and O–H groups in total. The highest BCUT2D eigenvalue weighted by Crippen LogP contribution is 2.30. The lowest BCUT2D eigenvalue weighted by Crippen LogP contribution is -2.08. The van der Waals surface area contributed by atoms with E-state index in [4.69, 9.17) is 14.0 Å². The lowest BCUT2D eigenvalue weighted by Gasteiger charge is -2.11. The highest BCUT2D eigenvalue weighted by atomic mass is 16.5. The molecule has 0 saturated carbocycles. The predicted octanol–water partition coefficient (Wildman–Crippen LogP) is 5.08. The second kappa shape index (κ2) is 10.7. The molecule has 0 aliphatic heterocycles. The Hall–Kier alpha value is -4.33. The van der Waals surface area contributed by atoms with Gasteiger partial charge in [0.1, 0.15) is 18.2 Å². The number of aryl methyl sites for hydroxylation is 3. The lowest BCUT2D eigenvalue weighted by molar-refractivity contribution is -0.111. The summed E-state index contributed by atoms with van der Waals surface area (Å²) in [6, 6.07) is 13.3. The fourth-order valence-electron chi connectivity index (χ4n) is 3.58. The monoisotopic (exact) mass is 472 g/mol. The molecule has 0 atom stereocenters. The van der Waals surface area contributed by atoms with Gasteiger partial charge in [-0.3, -0.25) is 4.79 Å². The Bertz CT molecular complexity index is 1320. The number of aromatic nitrogens is 3. The second-order valence-corrected chi connectivity index (χ2v) is 8.12. The highest BCUT2D eigenvalue weighted by molar-refractivity contribution is 6.01. The summed E-state index contributed by atoms with van der Waals surface area (Å²) < 4.78 is 18.6. The van der Waals surface area contributed by atoms with Crippen LogP contribution in [-0.4, -0.2) is 27.7 Å². The third kappa shape index (κ3) is 5.97. The minimum absolute atomic E-state index is 0.221. The summed E-state index contributed by atoms with van der Waals surface area (Å²) in [5.74, 6) is 2.64. The zero-order valence-corrected chi connectivity index (χ0v) is 20.2. The summed E-state index contributed by atoms with van der Waals surface area (Å²) in [7, 11) is 1.58. The summed E-state index contributed by atoms with van der Waals surface area (Å²) in [5, 5.41) is 6.82. The maximum absolute atomic E-state index is 12.4. The molecule has 0 saturated heterocycles. The molecule has 8 heteroatoms. The first kappa shape index (κ1) is 23.8. The van der Waals surface area contributed by atoms with Crippen LogP contribution in [-0.2, 0) is 17.9 Å². The van der Waals surface area contributed by atoms with E-state index in [9.17, 15) is 4.79 Å². The van der Waals surface area contributed by atoms with Gasteiger partial charge in [-0.05, 0) is 62.2 Å². The van der Waals surface area contributed by atoms with Crippen molar-refractivity contribution in [3.05, 3.63) is 94.9 Å². The molecule has 4 rings (SSSR count). The number of hydrogen-bond donors (Lipinski definition) is 1. The number of imidazole rings is 1. The Balaban J connectivity index is 1.34. The van der Waals surface area contributed by atoms with E-state index >= 15 is 0 Å². The predicted molar refractivity (Wildman–Crippen MR) is 133 cm³/mol. The number of carbonyl (C=O) groups excluding carboxylic acids is 1. The van der Waals surface area contributed by atoms with Crippen LogP contribution >= 0.6 is 0 Å². The van der Waals surface area contributed by atoms with Crippen LogP contribution in [0.5, 0.6) is 11.5 Å². The number of carbonyl (C=O) groups is 1. The average Bonchev–Trinajstić information content (AvgIpc) is 3.41. The molecule has 0 unspecified atom stereocenters. The van der Waals surface area contributed by atoms with Gasteiger partial charge in [0, 0.05) is 30.7 Å². The summed E-state index contributed by atoms with van der Waals surface area (Å²) in [5.41, 5.74) is 4.38. The summed E-state index contributed by atoms with van der Waals surface area (Å²) in [6.07, 6.45) is 6.95. The molecular weight excluding hydrogens is 444 g/mol. The van der Waals surface area contributed by atoms with Gasteiger partial charge < -0.3 is 23.9 Å². The maximum atomic E-state index is 12.4. The first-order valence-electron chi connectivity index (χ1n) is 11.2. The highest BCUT2D eigenvalue weighted by Gasteiger charge is 2.12. The van der Waals surface area contributed by atoms with Crippen LogP contribution in [0.4, 0.5) is 5.69 Å². The van der Waals surface area contributed by atoms with E-state index in [0.29, 0.717) is 18.1 Å². The standard InChI is InChI=1S/C27H28N4O4/c1-18-24(19(2)35-30-18)17-34-25-11-7-21(15-26(25)33-4)8-12-27(32)29-23-9-5-22(6-10-23)16-31-14-13-28-20(31)3/h5-15H,16-17H2,1-4H3,(H,29,32)/b12-8+. The number of anilines is 1. The molecule has 1 amide bonds. The summed E-state index contributed by atoms with van der Waals surface area (Å²) in [6.45, 7) is 6.76. The quantitative estimate of drug-likeness (QED) is 0.342. The van der Waals surface area contributed by atoms with E-state index in [1.807, 2.05) is 69.4 Å². The maximum Gasteiger partial charge on any atom is 0.248 e. The Morgan fingerprint density at radius 3 is 2.57 bits per heavy atom. The Labute approximate surface area is 204 Å². The fourth-order valence-corrected chi connectivity index (χ4v) is 3.58. The van der Waals surface area contributed by atoms with Gasteiger partial charge in [-0.25, -0.2) is 4.98 Å². The van der Waals surface area contributed by atoms with Gasteiger partial charge in [0.25, 0.3) is 0 Å². The van der Waals surface area contributed by atoms with Gasteiger partial charge in [-0.2, -0.15) is 0 Å². The number of amides is 1. The number of methoxy groups -OCH3 is 1. The Kier molecular flexibility index (Phi) is 7.30. The van der Waals surface area contributed by atoms with Crippen molar-refractivity contribution in [2.24, 2.45) is 0 Å². The van der Waals surface area contributed by atoms with Crippen molar-refractivity contribution < 1.29 is 18.8 Å². The van der Waals surface area contributed by atoms with E-state index < -0.39 is 0 Å². The third-order valence-electron chi connectivity index (χ3n) is 5.67. The zero-order chi connectivity index (χ0) is 24.8. The number of rotatable bonds is 9. The van der Waals surface area contributed by atoms with E-state index in [2.05, 4.69) is 20.0 Å². The van der Waals surface area contributed by atoms with Crippen LogP contribution in [0.25, 0.3) is 6.08 Å². The molecule has 180 valence electrons. The average molecular weight is 473 g/mol. The van der Waals surface area contributed by atoms with Crippen LogP contribution in [0.15, 0.2) is 65.5 Å². The third-order valence-corrected chi connectivity index (χ3v) is 5.67. The van der Waals surface area contributed by atoms with Gasteiger partial charge in [0.15, 0.2) is 11.5 Å². The zero-order valence-electron chi connectivity index (χ0n) is 20.2. The summed E-state index contributed by atoms with van der Waals surface area (Å²) >= 11 is 0. The first-order valence-corrected chi connectivity index (χ1v) is 11.2. The molecule has 0 aliphatic carbocycles. The fraction of sp³-hybridized carbons (Fsp3) is 0.222. The van der Waals surface area contributed by atoms with Crippen LogP contribution < -0.4 is 14.8 Å². The largest absolute Gasteiger partial charge is 0.493 e. The van der Waals surface area contributed by atoms with Crippen LogP contribution in [0, 0.1) is 20.8 Å². The molecule has 0 bridgehead atoms. The molecule has 0 aliphatic rings. The lowest BCUT2D eigenvalue weighted by atomic mass is 10.1. The number of benzene rings is 2.